The van der Waals surface area contributed by atoms with Gasteiger partial charge in [0, 0.05) is 5.92 Å². The van der Waals surface area contributed by atoms with Crippen LogP contribution in [0.4, 0.5) is 0 Å². The standard InChI is InChI=1S/C7H15NO3S/c1-4-5-6(2)7(9)8-12(3,10)11/h6H,4-5H2,1-3H3,(H,8,9). The molecule has 1 amide bonds. The van der Waals surface area contributed by atoms with Crippen molar-refractivity contribution < 1.29 is 13.2 Å². The van der Waals surface area contributed by atoms with Gasteiger partial charge in [0.05, 0.1) is 6.26 Å². The van der Waals surface area contributed by atoms with Crippen LogP contribution < -0.4 is 4.72 Å². The molecule has 0 aliphatic heterocycles. The Morgan fingerprint density at radius 1 is 1.50 bits per heavy atom. The van der Waals surface area contributed by atoms with E-state index in [4.69, 9.17) is 0 Å². The van der Waals surface area contributed by atoms with Crippen molar-refractivity contribution in [2.24, 2.45) is 5.92 Å². The smallest absolute Gasteiger partial charge is 0.236 e. The van der Waals surface area contributed by atoms with Crippen molar-refractivity contribution in [3.63, 3.8) is 0 Å². The van der Waals surface area contributed by atoms with Gasteiger partial charge in [0.25, 0.3) is 0 Å². The van der Waals surface area contributed by atoms with Crippen LogP contribution in [0, 0.1) is 5.92 Å². The quantitative estimate of drug-likeness (QED) is 0.707. The fraction of sp³-hybridized carbons (Fsp3) is 0.857. The Labute approximate surface area is 73.4 Å². The lowest BCUT2D eigenvalue weighted by atomic mass is 10.1. The minimum absolute atomic E-state index is 0.232. The van der Waals surface area contributed by atoms with Gasteiger partial charge in [0.1, 0.15) is 0 Å². The summed E-state index contributed by atoms with van der Waals surface area (Å²) in [6, 6.07) is 0. The molecular weight excluding hydrogens is 178 g/mol. The van der Waals surface area contributed by atoms with Crippen molar-refractivity contribution in [3.05, 3.63) is 0 Å². The highest BCUT2D eigenvalue weighted by Gasteiger charge is 2.14. The van der Waals surface area contributed by atoms with Crippen LogP contribution >= 0.6 is 0 Å². The molecule has 1 unspecified atom stereocenters. The number of sulfonamides is 1. The summed E-state index contributed by atoms with van der Waals surface area (Å²) in [5.74, 6) is -0.649. The van der Waals surface area contributed by atoms with Gasteiger partial charge >= 0.3 is 0 Å². The summed E-state index contributed by atoms with van der Waals surface area (Å²) >= 11 is 0. The Morgan fingerprint density at radius 2 is 2.00 bits per heavy atom. The number of amides is 1. The second-order valence-electron chi connectivity index (χ2n) is 2.93. The maximum absolute atomic E-state index is 11.1. The SMILES string of the molecule is CCCC(C)C(=O)NS(C)(=O)=O. The maximum atomic E-state index is 11.1. The summed E-state index contributed by atoms with van der Waals surface area (Å²) in [6.45, 7) is 3.66. The van der Waals surface area contributed by atoms with Crippen LogP contribution in [0.3, 0.4) is 0 Å². The van der Waals surface area contributed by atoms with Crippen LogP contribution in [0.25, 0.3) is 0 Å². The molecule has 4 nitrogen and oxygen atoms in total. The topological polar surface area (TPSA) is 63.2 Å². The number of rotatable bonds is 4. The average molecular weight is 193 g/mol. The van der Waals surface area contributed by atoms with E-state index in [1.54, 1.807) is 6.92 Å². The first-order chi connectivity index (χ1) is 5.37. The molecule has 0 heterocycles. The molecule has 1 atom stereocenters. The highest BCUT2D eigenvalue weighted by atomic mass is 32.2. The van der Waals surface area contributed by atoms with Gasteiger partial charge in [-0.05, 0) is 6.42 Å². The second-order valence-corrected chi connectivity index (χ2v) is 4.68. The van der Waals surface area contributed by atoms with Gasteiger partial charge in [0.15, 0.2) is 0 Å². The number of hydrogen-bond acceptors (Lipinski definition) is 3. The molecule has 0 radical (unpaired) electrons. The summed E-state index contributed by atoms with van der Waals surface area (Å²) in [4.78, 5) is 11.1. The van der Waals surface area contributed by atoms with Crippen molar-refractivity contribution in [1.82, 2.24) is 4.72 Å². The van der Waals surface area contributed by atoms with E-state index < -0.39 is 15.9 Å². The van der Waals surface area contributed by atoms with Crippen molar-refractivity contribution in [1.29, 1.82) is 0 Å². The minimum Gasteiger partial charge on any atom is -0.274 e. The van der Waals surface area contributed by atoms with Gasteiger partial charge in [-0.25, -0.2) is 8.42 Å². The van der Waals surface area contributed by atoms with E-state index in [0.29, 0.717) is 6.42 Å². The van der Waals surface area contributed by atoms with Crippen LogP contribution in [-0.2, 0) is 14.8 Å². The van der Waals surface area contributed by atoms with Gasteiger partial charge in [-0.1, -0.05) is 20.3 Å². The van der Waals surface area contributed by atoms with Crippen LogP contribution in [0.2, 0.25) is 0 Å². The Balaban J connectivity index is 4.05. The molecule has 12 heavy (non-hydrogen) atoms. The van der Waals surface area contributed by atoms with Crippen molar-refractivity contribution >= 4 is 15.9 Å². The van der Waals surface area contributed by atoms with E-state index in [-0.39, 0.29) is 5.92 Å². The zero-order valence-corrected chi connectivity index (χ0v) is 8.44. The molecule has 0 aromatic carbocycles. The Morgan fingerprint density at radius 3 is 2.33 bits per heavy atom. The van der Waals surface area contributed by atoms with Crippen LogP contribution in [0.5, 0.6) is 0 Å². The highest BCUT2D eigenvalue weighted by Crippen LogP contribution is 2.04. The van der Waals surface area contributed by atoms with Crippen LogP contribution in [0.15, 0.2) is 0 Å². The number of nitrogens with one attached hydrogen (secondary N) is 1. The molecular formula is C7H15NO3S. The molecule has 1 N–H and O–H groups in total. The van der Waals surface area contributed by atoms with Crippen molar-refractivity contribution in [2.75, 3.05) is 6.26 Å². The van der Waals surface area contributed by atoms with E-state index in [1.807, 2.05) is 11.6 Å². The molecule has 0 fully saturated rings. The molecule has 72 valence electrons. The van der Waals surface area contributed by atoms with E-state index in [0.717, 1.165) is 12.7 Å². The van der Waals surface area contributed by atoms with Gasteiger partial charge in [-0.15, -0.1) is 0 Å². The lowest BCUT2D eigenvalue weighted by Gasteiger charge is -2.08. The zero-order chi connectivity index (χ0) is 9.78. The number of hydrogen-bond donors (Lipinski definition) is 1. The first kappa shape index (κ1) is 11.4. The highest BCUT2D eigenvalue weighted by molar-refractivity contribution is 7.89. The average Bonchev–Trinajstić information content (AvgIpc) is 1.84. The molecule has 0 saturated carbocycles. The van der Waals surface area contributed by atoms with Crippen LogP contribution in [-0.4, -0.2) is 20.6 Å². The van der Waals surface area contributed by atoms with E-state index in [2.05, 4.69) is 0 Å². The fourth-order valence-corrected chi connectivity index (χ4v) is 1.41. The molecule has 0 aromatic rings. The van der Waals surface area contributed by atoms with Gasteiger partial charge in [-0.2, -0.15) is 0 Å². The van der Waals surface area contributed by atoms with Crippen molar-refractivity contribution in [3.8, 4) is 0 Å². The lowest BCUT2D eigenvalue weighted by Crippen LogP contribution is -2.33. The maximum Gasteiger partial charge on any atom is 0.236 e. The summed E-state index contributed by atoms with van der Waals surface area (Å²) in [5, 5.41) is 0. The lowest BCUT2D eigenvalue weighted by molar-refractivity contribution is -0.122. The first-order valence-corrected chi connectivity index (χ1v) is 5.77. The van der Waals surface area contributed by atoms with E-state index in [1.165, 1.54) is 0 Å². The summed E-state index contributed by atoms with van der Waals surface area (Å²) in [6.07, 6.45) is 2.56. The zero-order valence-electron chi connectivity index (χ0n) is 7.62. The predicted octanol–water partition coefficient (Wildman–Crippen LogP) is 0.498. The Hall–Kier alpha value is -0.580. The molecule has 0 rings (SSSR count). The first-order valence-electron chi connectivity index (χ1n) is 3.88. The molecule has 0 spiro atoms. The Bertz CT molecular complexity index is 245. The normalized spacial score (nSPS) is 13.9. The minimum atomic E-state index is -3.39. The summed E-state index contributed by atoms with van der Waals surface area (Å²) in [7, 11) is -3.39. The third-order valence-corrected chi connectivity index (χ3v) is 2.03. The van der Waals surface area contributed by atoms with E-state index in [9.17, 15) is 13.2 Å². The largest absolute Gasteiger partial charge is 0.274 e. The van der Waals surface area contributed by atoms with Gasteiger partial charge < -0.3 is 0 Å². The molecule has 5 heteroatoms. The molecule has 0 aliphatic carbocycles. The van der Waals surface area contributed by atoms with Crippen LogP contribution in [0.1, 0.15) is 26.7 Å². The van der Waals surface area contributed by atoms with Gasteiger partial charge in [-0.3, -0.25) is 9.52 Å². The number of carbonyl (C=O) groups excluding carboxylic acids is 1. The molecule has 0 saturated heterocycles. The van der Waals surface area contributed by atoms with E-state index >= 15 is 0 Å². The second kappa shape index (κ2) is 4.45. The summed E-state index contributed by atoms with van der Waals surface area (Å²) < 4.78 is 23.2. The molecule has 0 bridgehead atoms. The third-order valence-electron chi connectivity index (χ3n) is 1.46. The van der Waals surface area contributed by atoms with Crippen molar-refractivity contribution in [2.45, 2.75) is 26.7 Å². The molecule has 0 aromatic heterocycles. The fourth-order valence-electron chi connectivity index (χ4n) is 0.847. The Kier molecular flexibility index (Phi) is 4.23. The monoisotopic (exact) mass is 193 g/mol. The van der Waals surface area contributed by atoms with Gasteiger partial charge in [0.2, 0.25) is 15.9 Å². The third kappa shape index (κ3) is 5.12. The number of carbonyl (C=O) groups is 1. The molecule has 0 aliphatic rings. The summed E-state index contributed by atoms with van der Waals surface area (Å²) in [5.41, 5.74) is 0. The predicted molar refractivity (Wildman–Crippen MR) is 47.1 cm³/mol.